The summed E-state index contributed by atoms with van der Waals surface area (Å²) in [5.74, 6) is 0.755. The molecule has 2 atom stereocenters. The number of rotatable bonds is 7. The van der Waals surface area contributed by atoms with Crippen LogP contribution in [0.3, 0.4) is 0 Å². The zero-order valence-corrected chi connectivity index (χ0v) is 15.0. The van der Waals surface area contributed by atoms with Crippen LogP contribution in [0, 0.1) is 0 Å². The summed E-state index contributed by atoms with van der Waals surface area (Å²) in [6.07, 6.45) is 0.0402. The van der Waals surface area contributed by atoms with Gasteiger partial charge in [0, 0.05) is 22.1 Å². The normalized spacial score (nSPS) is 13.3. The molecule has 0 unspecified atom stereocenters. The molecule has 0 saturated carbocycles. The third kappa shape index (κ3) is 5.20. The first-order valence-electron chi connectivity index (χ1n) is 7.95. The molecule has 0 saturated heterocycles. The van der Waals surface area contributed by atoms with Gasteiger partial charge in [0.15, 0.2) is 0 Å². The predicted octanol–water partition coefficient (Wildman–Crippen LogP) is 3.75. The number of hydrogen-bond donors (Lipinski definition) is 1. The largest absolute Gasteiger partial charge is 0.491 e. The molecule has 0 aliphatic heterocycles. The maximum absolute atomic E-state index is 12.6. The van der Waals surface area contributed by atoms with Crippen molar-refractivity contribution in [2.45, 2.75) is 37.9 Å². The Balaban J connectivity index is 2.02. The molecule has 4 nitrogen and oxygen atoms in total. The fourth-order valence-electron chi connectivity index (χ4n) is 2.16. The monoisotopic (exact) mass is 345 g/mol. The van der Waals surface area contributed by atoms with E-state index in [1.54, 1.807) is 19.1 Å². The van der Waals surface area contributed by atoms with Gasteiger partial charge in [-0.2, -0.15) is 0 Å². The number of benzene rings is 2. The van der Waals surface area contributed by atoms with Crippen molar-refractivity contribution in [1.29, 1.82) is 0 Å². The molecule has 2 rings (SSSR count). The van der Waals surface area contributed by atoms with E-state index in [0.29, 0.717) is 5.69 Å². The minimum absolute atomic E-state index is 0.0402. The van der Waals surface area contributed by atoms with Crippen LogP contribution in [0.5, 0.6) is 5.75 Å². The van der Waals surface area contributed by atoms with Crippen LogP contribution in [0.25, 0.3) is 0 Å². The smallest absolute Gasteiger partial charge is 0.239 e. The molecule has 1 N–H and O–H groups in total. The van der Waals surface area contributed by atoms with Crippen molar-refractivity contribution in [3.8, 4) is 5.75 Å². The van der Waals surface area contributed by atoms with E-state index >= 15 is 0 Å². The van der Waals surface area contributed by atoms with Gasteiger partial charge in [0.2, 0.25) is 5.91 Å². The van der Waals surface area contributed by atoms with Crippen molar-refractivity contribution >= 4 is 22.4 Å². The van der Waals surface area contributed by atoms with Crippen molar-refractivity contribution in [3.63, 3.8) is 0 Å². The quantitative estimate of drug-likeness (QED) is 0.831. The lowest BCUT2D eigenvalue weighted by Gasteiger charge is -2.16. The number of hydrogen-bond acceptors (Lipinski definition) is 3. The molecule has 5 heteroatoms. The molecule has 24 heavy (non-hydrogen) atoms. The first kappa shape index (κ1) is 18.2. The van der Waals surface area contributed by atoms with Gasteiger partial charge in [0.1, 0.15) is 11.0 Å². The lowest BCUT2D eigenvalue weighted by atomic mass is 10.2. The molecule has 0 aromatic heterocycles. The molecule has 0 aliphatic rings. The SMILES string of the molecule is CC(C)Oc1ccccc1C[S@](=O)[C@H](C)C(=O)Nc1ccccc1. The van der Waals surface area contributed by atoms with Gasteiger partial charge in [0.05, 0.1) is 11.9 Å². The molecule has 0 aliphatic carbocycles. The molecule has 0 bridgehead atoms. The molecule has 1 amide bonds. The highest BCUT2D eigenvalue weighted by molar-refractivity contribution is 7.85. The van der Waals surface area contributed by atoms with E-state index in [1.807, 2.05) is 56.3 Å². The lowest BCUT2D eigenvalue weighted by molar-refractivity contribution is -0.115. The first-order chi connectivity index (χ1) is 11.5. The van der Waals surface area contributed by atoms with Crippen molar-refractivity contribution in [2.75, 3.05) is 5.32 Å². The van der Waals surface area contributed by atoms with E-state index in [0.717, 1.165) is 11.3 Å². The van der Waals surface area contributed by atoms with Crippen LogP contribution in [0.2, 0.25) is 0 Å². The minimum atomic E-state index is -1.34. The van der Waals surface area contributed by atoms with Gasteiger partial charge in [-0.25, -0.2) is 0 Å². The van der Waals surface area contributed by atoms with Gasteiger partial charge >= 0.3 is 0 Å². The summed E-state index contributed by atoms with van der Waals surface area (Å²) in [6.45, 7) is 5.58. The van der Waals surface area contributed by atoms with Crippen LogP contribution in [0.4, 0.5) is 5.69 Å². The molecule has 0 heterocycles. The number of para-hydroxylation sites is 2. The van der Waals surface area contributed by atoms with Gasteiger partial charge < -0.3 is 10.1 Å². The molecular weight excluding hydrogens is 322 g/mol. The molecule has 2 aromatic carbocycles. The fourth-order valence-corrected chi connectivity index (χ4v) is 3.25. The summed E-state index contributed by atoms with van der Waals surface area (Å²) in [5, 5.41) is 2.18. The van der Waals surface area contributed by atoms with Gasteiger partial charge in [-0.05, 0) is 39.0 Å². The highest BCUT2D eigenvalue weighted by Crippen LogP contribution is 2.22. The zero-order valence-electron chi connectivity index (χ0n) is 14.2. The Hall–Kier alpha value is -2.14. The van der Waals surface area contributed by atoms with E-state index in [-0.39, 0.29) is 17.8 Å². The zero-order chi connectivity index (χ0) is 17.5. The summed E-state index contributed by atoms with van der Waals surface area (Å²) in [4.78, 5) is 12.3. The van der Waals surface area contributed by atoms with E-state index < -0.39 is 16.0 Å². The standard InChI is InChI=1S/C19H23NO3S/c1-14(2)23-18-12-8-7-9-16(18)13-24(22)15(3)19(21)20-17-10-5-4-6-11-17/h4-12,14-15H,13H2,1-3H3,(H,20,21)/t15-,24+/m1/s1. The summed E-state index contributed by atoms with van der Waals surface area (Å²) in [6, 6.07) is 16.7. The van der Waals surface area contributed by atoms with Crippen LogP contribution in [0.15, 0.2) is 54.6 Å². The van der Waals surface area contributed by atoms with Gasteiger partial charge in [-0.15, -0.1) is 0 Å². The average Bonchev–Trinajstić information content (AvgIpc) is 2.56. The van der Waals surface area contributed by atoms with Crippen LogP contribution < -0.4 is 10.1 Å². The number of nitrogens with one attached hydrogen (secondary N) is 1. The fraction of sp³-hybridized carbons (Fsp3) is 0.316. The van der Waals surface area contributed by atoms with Crippen LogP contribution in [-0.2, 0) is 21.3 Å². The maximum atomic E-state index is 12.6. The van der Waals surface area contributed by atoms with E-state index in [9.17, 15) is 9.00 Å². The Labute approximate surface area is 145 Å². The second-order valence-corrected chi connectivity index (χ2v) is 7.55. The minimum Gasteiger partial charge on any atom is -0.491 e. The summed E-state index contributed by atoms with van der Waals surface area (Å²) < 4.78 is 18.3. The number of anilines is 1. The van der Waals surface area contributed by atoms with E-state index in [4.69, 9.17) is 4.74 Å². The Morgan fingerprint density at radius 2 is 1.67 bits per heavy atom. The summed E-state index contributed by atoms with van der Waals surface area (Å²) >= 11 is 0. The first-order valence-corrected chi connectivity index (χ1v) is 9.33. The van der Waals surface area contributed by atoms with Crippen LogP contribution in [-0.4, -0.2) is 21.5 Å². The van der Waals surface area contributed by atoms with Gasteiger partial charge in [-0.3, -0.25) is 9.00 Å². The highest BCUT2D eigenvalue weighted by atomic mass is 32.2. The Morgan fingerprint density at radius 3 is 2.33 bits per heavy atom. The van der Waals surface area contributed by atoms with Gasteiger partial charge in [-0.1, -0.05) is 36.4 Å². The molecule has 0 radical (unpaired) electrons. The van der Waals surface area contributed by atoms with Gasteiger partial charge in [0.25, 0.3) is 0 Å². The second-order valence-electron chi connectivity index (χ2n) is 5.80. The van der Waals surface area contributed by atoms with Crippen molar-refractivity contribution in [3.05, 3.63) is 60.2 Å². The molecular formula is C19H23NO3S. The van der Waals surface area contributed by atoms with Crippen molar-refractivity contribution in [1.82, 2.24) is 0 Å². The Bertz CT molecular complexity index is 701. The Morgan fingerprint density at radius 1 is 1.04 bits per heavy atom. The lowest BCUT2D eigenvalue weighted by Crippen LogP contribution is -2.29. The topological polar surface area (TPSA) is 55.4 Å². The van der Waals surface area contributed by atoms with Crippen molar-refractivity contribution < 1.29 is 13.7 Å². The van der Waals surface area contributed by atoms with E-state index in [1.165, 1.54) is 0 Å². The molecule has 0 fully saturated rings. The van der Waals surface area contributed by atoms with E-state index in [2.05, 4.69) is 5.32 Å². The second kappa shape index (κ2) is 8.64. The summed E-state index contributed by atoms with van der Waals surface area (Å²) in [5.41, 5.74) is 1.55. The predicted molar refractivity (Wildman–Crippen MR) is 98.6 cm³/mol. The third-order valence-electron chi connectivity index (χ3n) is 3.44. The number of carbonyl (C=O) groups excluding carboxylic acids is 1. The number of ether oxygens (including phenoxy) is 1. The van der Waals surface area contributed by atoms with Crippen LogP contribution >= 0.6 is 0 Å². The highest BCUT2D eigenvalue weighted by Gasteiger charge is 2.21. The third-order valence-corrected chi connectivity index (χ3v) is 5.04. The molecule has 2 aromatic rings. The number of carbonyl (C=O) groups is 1. The maximum Gasteiger partial charge on any atom is 0.239 e. The average molecular weight is 345 g/mol. The number of amides is 1. The van der Waals surface area contributed by atoms with Crippen LogP contribution in [0.1, 0.15) is 26.3 Å². The summed E-state index contributed by atoms with van der Waals surface area (Å²) in [7, 11) is -1.34. The molecule has 0 spiro atoms. The molecule has 128 valence electrons. The van der Waals surface area contributed by atoms with Crippen molar-refractivity contribution in [2.24, 2.45) is 0 Å². The Kier molecular flexibility index (Phi) is 6.55.